The highest BCUT2D eigenvalue weighted by molar-refractivity contribution is 5.68. The minimum atomic E-state index is -0.713. The molecule has 0 radical (unpaired) electrons. The molecule has 8 heteroatoms. The van der Waals surface area contributed by atoms with E-state index >= 15 is 0 Å². The van der Waals surface area contributed by atoms with Crippen molar-refractivity contribution in [1.29, 1.82) is 0 Å². The van der Waals surface area contributed by atoms with Crippen molar-refractivity contribution in [1.82, 2.24) is 9.97 Å². The molecular formula is C18H16F2N4O2. The lowest BCUT2D eigenvalue weighted by Crippen LogP contribution is -2.01. The second kappa shape index (κ2) is 7.64. The number of anilines is 4. The van der Waals surface area contributed by atoms with Gasteiger partial charge in [0.2, 0.25) is 0 Å². The van der Waals surface area contributed by atoms with Gasteiger partial charge in [0.15, 0.2) is 0 Å². The third kappa shape index (κ3) is 3.97. The maximum absolute atomic E-state index is 13.8. The summed E-state index contributed by atoms with van der Waals surface area (Å²) >= 11 is 0. The third-order valence-electron chi connectivity index (χ3n) is 3.53. The van der Waals surface area contributed by atoms with E-state index in [9.17, 15) is 8.78 Å². The fourth-order valence-corrected chi connectivity index (χ4v) is 2.26. The van der Waals surface area contributed by atoms with E-state index in [4.69, 9.17) is 9.47 Å². The van der Waals surface area contributed by atoms with E-state index in [1.54, 1.807) is 38.5 Å². The van der Waals surface area contributed by atoms with Crippen LogP contribution in [0.5, 0.6) is 11.5 Å². The molecule has 3 rings (SSSR count). The number of nitrogens with one attached hydrogen (secondary N) is 2. The van der Waals surface area contributed by atoms with Crippen LogP contribution in [0.3, 0.4) is 0 Å². The minimum Gasteiger partial charge on any atom is -0.497 e. The summed E-state index contributed by atoms with van der Waals surface area (Å²) < 4.78 is 37.2. The number of rotatable bonds is 6. The van der Waals surface area contributed by atoms with Crippen LogP contribution >= 0.6 is 0 Å². The van der Waals surface area contributed by atoms with Gasteiger partial charge in [-0.15, -0.1) is 0 Å². The van der Waals surface area contributed by atoms with Crippen molar-refractivity contribution in [3.8, 4) is 11.5 Å². The number of methoxy groups -OCH3 is 2. The van der Waals surface area contributed by atoms with E-state index in [1.807, 2.05) is 0 Å². The van der Waals surface area contributed by atoms with E-state index in [0.717, 1.165) is 12.1 Å². The predicted molar refractivity (Wildman–Crippen MR) is 94.5 cm³/mol. The Morgan fingerprint density at radius 1 is 0.808 bits per heavy atom. The first-order valence-corrected chi connectivity index (χ1v) is 7.62. The fraction of sp³-hybridized carbons (Fsp3) is 0.111. The van der Waals surface area contributed by atoms with Crippen molar-refractivity contribution < 1.29 is 18.3 Å². The van der Waals surface area contributed by atoms with Gasteiger partial charge in [0.1, 0.15) is 41.1 Å². The maximum Gasteiger partial charge on any atom is 0.149 e. The van der Waals surface area contributed by atoms with Crippen molar-refractivity contribution in [2.24, 2.45) is 0 Å². The van der Waals surface area contributed by atoms with Gasteiger partial charge in [-0.1, -0.05) is 0 Å². The topological polar surface area (TPSA) is 68.3 Å². The van der Waals surface area contributed by atoms with Crippen LogP contribution in [-0.4, -0.2) is 24.2 Å². The first-order chi connectivity index (χ1) is 12.6. The first-order valence-electron chi connectivity index (χ1n) is 7.62. The van der Waals surface area contributed by atoms with Gasteiger partial charge in [-0.2, -0.15) is 0 Å². The number of hydrogen-bond acceptors (Lipinski definition) is 6. The number of ether oxygens (including phenoxy) is 2. The summed E-state index contributed by atoms with van der Waals surface area (Å²) in [6.07, 6.45) is 1.32. The monoisotopic (exact) mass is 358 g/mol. The van der Waals surface area contributed by atoms with Crippen molar-refractivity contribution in [3.05, 3.63) is 60.4 Å². The zero-order valence-electron chi connectivity index (χ0n) is 14.1. The molecule has 6 nitrogen and oxygen atoms in total. The molecule has 0 saturated carbocycles. The summed E-state index contributed by atoms with van der Waals surface area (Å²) in [6, 6.07) is 10.1. The van der Waals surface area contributed by atoms with Crippen LogP contribution < -0.4 is 20.1 Å². The summed E-state index contributed by atoms with van der Waals surface area (Å²) in [7, 11) is 3.11. The second-order valence-corrected chi connectivity index (χ2v) is 5.23. The highest BCUT2D eigenvalue weighted by Crippen LogP contribution is 2.31. The number of benzene rings is 2. The van der Waals surface area contributed by atoms with Crippen molar-refractivity contribution in [3.63, 3.8) is 0 Å². The Morgan fingerprint density at radius 2 is 1.50 bits per heavy atom. The number of hydrogen-bond donors (Lipinski definition) is 2. The lowest BCUT2D eigenvalue weighted by atomic mass is 10.2. The zero-order chi connectivity index (χ0) is 18.5. The SMILES string of the molecule is COc1ccc(Nc2cc(Nc3ccc(F)cc3F)ncn2)c(OC)c1. The Balaban J connectivity index is 1.81. The van der Waals surface area contributed by atoms with Gasteiger partial charge in [0.05, 0.1) is 25.6 Å². The normalized spacial score (nSPS) is 10.3. The minimum absolute atomic E-state index is 0.109. The molecule has 0 spiro atoms. The molecule has 0 amide bonds. The summed E-state index contributed by atoms with van der Waals surface area (Å²) in [5.74, 6) is 0.680. The van der Waals surface area contributed by atoms with Crippen LogP contribution in [0.1, 0.15) is 0 Å². The summed E-state index contributed by atoms with van der Waals surface area (Å²) in [6.45, 7) is 0. The van der Waals surface area contributed by atoms with Crippen LogP contribution in [0, 0.1) is 11.6 Å². The second-order valence-electron chi connectivity index (χ2n) is 5.23. The van der Waals surface area contributed by atoms with Gasteiger partial charge in [0, 0.05) is 18.2 Å². The van der Waals surface area contributed by atoms with Crippen LogP contribution in [0.4, 0.5) is 31.8 Å². The standard InChI is InChI=1S/C18H16F2N4O2/c1-25-12-4-6-15(16(8-12)26-2)24-18-9-17(21-10-22-18)23-14-5-3-11(19)7-13(14)20/h3-10H,1-2H3,(H2,21,22,23,24). The van der Waals surface area contributed by atoms with Crippen LogP contribution in [0.25, 0.3) is 0 Å². The highest BCUT2D eigenvalue weighted by atomic mass is 19.1. The van der Waals surface area contributed by atoms with Gasteiger partial charge >= 0.3 is 0 Å². The lowest BCUT2D eigenvalue weighted by Gasteiger charge is -2.13. The molecule has 0 aliphatic heterocycles. The van der Waals surface area contributed by atoms with Crippen LogP contribution in [-0.2, 0) is 0 Å². The predicted octanol–water partition coefficient (Wildman–Crippen LogP) is 4.26. The average molecular weight is 358 g/mol. The number of nitrogens with zero attached hydrogens (tertiary/aromatic N) is 2. The molecule has 0 atom stereocenters. The Morgan fingerprint density at radius 3 is 2.15 bits per heavy atom. The van der Waals surface area contributed by atoms with Crippen molar-refractivity contribution in [2.75, 3.05) is 24.9 Å². The Hall–Kier alpha value is -3.42. The van der Waals surface area contributed by atoms with E-state index in [-0.39, 0.29) is 5.69 Å². The van der Waals surface area contributed by atoms with Gasteiger partial charge in [-0.25, -0.2) is 18.7 Å². The quantitative estimate of drug-likeness (QED) is 0.686. The summed E-state index contributed by atoms with van der Waals surface area (Å²) in [5, 5.41) is 5.89. The number of halogens is 2. The fourth-order valence-electron chi connectivity index (χ4n) is 2.26. The summed E-state index contributed by atoms with van der Waals surface area (Å²) in [5.41, 5.74) is 0.781. The zero-order valence-corrected chi connectivity index (χ0v) is 14.1. The highest BCUT2D eigenvalue weighted by Gasteiger charge is 2.08. The maximum atomic E-state index is 13.8. The molecule has 0 fully saturated rings. The Bertz CT molecular complexity index is 921. The lowest BCUT2D eigenvalue weighted by molar-refractivity contribution is 0.395. The molecule has 26 heavy (non-hydrogen) atoms. The van der Waals surface area contributed by atoms with Gasteiger partial charge in [-0.3, -0.25) is 0 Å². The Kier molecular flexibility index (Phi) is 5.12. The molecule has 1 heterocycles. The third-order valence-corrected chi connectivity index (χ3v) is 3.53. The van der Waals surface area contributed by atoms with E-state index in [2.05, 4.69) is 20.6 Å². The van der Waals surface area contributed by atoms with E-state index < -0.39 is 11.6 Å². The molecule has 3 aromatic rings. The molecule has 0 aliphatic rings. The van der Waals surface area contributed by atoms with Crippen LogP contribution in [0.2, 0.25) is 0 Å². The van der Waals surface area contributed by atoms with Crippen molar-refractivity contribution in [2.45, 2.75) is 0 Å². The smallest absolute Gasteiger partial charge is 0.149 e. The number of aromatic nitrogens is 2. The van der Waals surface area contributed by atoms with Crippen LogP contribution in [0.15, 0.2) is 48.8 Å². The molecule has 2 N–H and O–H groups in total. The molecule has 1 aromatic heterocycles. The van der Waals surface area contributed by atoms with E-state index in [0.29, 0.717) is 28.8 Å². The van der Waals surface area contributed by atoms with Gasteiger partial charge in [-0.05, 0) is 24.3 Å². The largest absolute Gasteiger partial charge is 0.497 e. The van der Waals surface area contributed by atoms with Gasteiger partial charge < -0.3 is 20.1 Å². The molecule has 2 aromatic carbocycles. The molecule has 0 aliphatic carbocycles. The molecule has 0 saturated heterocycles. The molecular weight excluding hydrogens is 342 g/mol. The average Bonchev–Trinajstić information content (AvgIpc) is 2.65. The summed E-state index contributed by atoms with van der Waals surface area (Å²) in [4.78, 5) is 8.16. The van der Waals surface area contributed by atoms with Crippen molar-refractivity contribution >= 4 is 23.0 Å². The van der Waals surface area contributed by atoms with E-state index in [1.165, 1.54) is 12.4 Å². The Labute approximate surface area is 148 Å². The molecule has 0 bridgehead atoms. The van der Waals surface area contributed by atoms with Gasteiger partial charge in [0.25, 0.3) is 0 Å². The first kappa shape index (κ1) is 17.4. The molecule has 0 unspecified atom stereocenters. The molecule has 134 valence electrons.